The summed E-state index contributed by atoms with van der Waals surface area (Å²) in [6, 6.07) is 4.01. The standard InChI is InChI=1S/C9H8FNO5S/c10-7-3-1-2-6(4-7)8-5-16-17(14,15)11(8)9(12)13/h1-4,8H,5H2,(H,12,13). The van der Waals surface area contributed by atoms with Gasteiger partial charge in [-0.25, -0.2) is 9.18 Å². The van der Waals surface area contributed by atoms with Crippen molar-refractivity contribution in [1.82, 2.24) is 4.31 Å². The summed E-state index contributed by atoms with van der Waals surface area (Å²) in [5, 5.41) is 8.82. The van der Waals surface area contributed by atoms with E-state index < -0.39 is 28.3 Å². The van der Waals surface area contributed by atoms with E-state index in [1.54, 1.807) is 0 Å². The van der Waals surface area contributed by atoms with Gasteiger partial charge in [-0.3, -0.25) is 4.18 Å². The lowest BCUT2D eigenvalue weighted by Gasteiger charge is -2.17. The number of carboxylic acid groups (broad SMARTS) is 1. The van der Waals surface area contributed by atoms with Gasteiger partial charge in [0.2, 0.25) is 0 Å². The van der Waals surface area contributed by atoms with Crippen LogP contribution in [-0.4, -0.2) is 30.5 Å². The lowest BCUT2D eigenvalue weighted by molar-refractivity contribution is 0.164. The van der Waals surface area contributed by atoms with Gasteiger partial charge in [0.25, 0.3) is 0 Å². The number of benzene rings is 1. The zero-order chi connectivity index (χ0) is 12.6. The monoisotopic (exact) mass is 261 g/mol. The SMILES string of the molecule is O=C(O)N1C(c2cccc(F)c2)COS1(=O)=O. The van der Waals surface area contributed by atoms with E-state index in [0.29, 0.717) is 0 Å². The molecule has 1 unspecified atom stereocenters. The highest BCUT2D eigenvalue weighted by atomic mass is 32.2. The number of carbonyl (C=O) groups is 1. The van der Waals surface area contributed by atoms with Gasteiger partial charge in [-0.05, 0) is 17.7 Å². The van der Waals surface area contributed by atoms with Gasteiger partial charge in [-0.2, -0.15) is 12.7 Å². The minimum absolute atomic E-state index is 0.182. The van der Waals surface area contributed by atoms with Crippen LogP contribution in [0.5, 0.6) is 0 Å². The molecule has 1 aliphatic heterocycles. The van der Waals surface area contributed by atoms with Crippen molar-refractivity contribution in [3.05, 3.63) is 35.6 Å². The van der Waals surface area contributed by atoms with Gasteiger partial charge in [-0.15, -0.1) is 0 Å². The van der Waals surface area contributed by atoms with E-state index in [1.807, 2.05) is 0 Å². The molecule has 1 saturated heterocycles. The van der Waals surface area contributed by atoms with E-state index in [1.165, 1.54) is 18.2 Å². The van der Waals surface area contributed by atoms with Crippen LogP contribution in [0.2, 0.25) is 0 Å². The second-order valence-electron chi connectivity index (χ2n) is 3.39. The highest BCUT2D eigenvalue weighted by Crippen LogP contribution is 2.31. The molecule has 1 aromatic rings. The molecule has 0 aromatic heterocycles. The van der Waals surface area contributed by atoms with Crippen LogP contribution in [0.25, 0.3) is 0 Å². The van der Waals surface area contributed by atoms with Crippen molar-refractivity contribution in [3.8, 4) is 0 Å². The third kappa shape index (κ3) is 2.08. The van der Waals surface area contributed by atoms with E-state index in [4.69, 9.17) is 5.11 Å². The van der Waals surface area contributed by atoms with Gasteiger partial charge in [0.05, 0.1) is 6.61 Å². The lowest BCUT2D eigenvalue weighted by Crippen LogP contribution is -2.33. The van der Waals surface area contributed by atoms with E-state index in [0.717, 1.165) is 6.07 Å². The maximum atomic E-state index is 13.0. The first-order valence-corrected chi connectivity index (χ1v) is 5.95. The number of rotatable bonds is 1. The summed E-state index contributed by atoms with van der Waals surface area (Å²) >= 11 is 0. The van der Waals surface area contributed by atoms with Crippen LogP contribution in [0.1, 0.15) is 11.6 Å². The van der Waals surface area contributed by atoms with Gasteiger partial charge in [-0.1, -0.05) is 12.1 Å². The first-order chi connectivity index (χ1) is 7.92. The average molecular weight is 261 g/mol. The summed E-state index contributed by atoms with van der Waals surface area (Å²) in [5.74, 6) is -0.572. The molecule has 1 aliphatic rings. The second kappa shape index (κ2) is 3.97. The van der Waals surface area contributed by atoms with Gasteiger partial charge < -0.3 is 5.11 Å². The Kier molecular flexibility index (Phi) is 2.76. The molecular weight excluding hydrogens is 253 g/mol. The summed E-state index contributed by atoms with van der Waals surface area (Å²) in [7, 11) is -4.29. The Hall–Kier alpha value is -1.67. The number of nitrogens with zero attached hydrogens (tertiary/aromatic N) is 1. The van der Waals surface area contributed by atoms with Crippen LogP contribution < -0.4 is 0 Å². The fourth-order valence-electron chi connectivity index (χ4n) is 1.61. The fraction of sp³-hybridized carbons (Fsp3) is 0.222. The van der Waals surface area contributed by atoms with Crippen LogP contribution in [0.4, 0.5) is 9.18 Å². The number of amides is 1. The van der Waals surface area contributed by atoms with E-state index >= 15 is 0 Å². The van der Waals surface area contributed by atoms with Crippen molar-refractivity contribution in [2.24, 2.45) is 0 Å². The Balaban J connectivity index is 2.43. The number of halogens is 1. The molecule has 92 valence electrons. The molecule has 0 saturated carbocycles. The average Bonchev–Trinajstić information content (AvgIpc) is 2.54. The van der Waals surface area contributed by atoms with Crippen molar-refractivity contribution >= 4 is 16.4 Å². The van der Waals surface area contributed by atoms with Crippen molar-refractivity contribution < 1.29 is 26.9 Å². The molecule has 6 nitrogen and oxygen atoms in total. The van der Waals surface area contributed by atoms with Crippen LogP contribution in [0.15, 0.2) is 24.3 Å². The Morgan fingerprint density at radius 2 is 2.24 bits per heavy atom. The first kappa shape index (κ1) is 11.8. The smallest absolute Gasteiger partial charge is 0.423 e. The predicted octanol–water partition coefficient (Wildman–Crippen LogP) is 1.12. The van der Waals surface area contributed by atoms with Gasteiger partial charge in [0, 0.05) is 0 Å². The minimum Gasteiger partial charge on any atom is -0.464 e. The van der Waals surface area contributed by atoms with Crippen LogP contribution in [0, 0.1) is 5.82 Å². The maximum Gasteiger partial charge on any atom is 0.423 e. The van der Waals surface area contributed by atoms with E-state index in [9.17, 15) is 17.6 Å². The molecular formula is C9H8FNO5S. The zero-order valence-electron chi connectivity index (χ0n) is 8.41. The van der Waals surface area contributed by atoms with Crippen molar-refractivity contribution in [2.75, 3.05) is 6.61 Å². The van der Waals surface area contributed by atoms with E-state index in [2.05, 4.69) is 4.18 Å². The molecule has 1 amide bonds. The largest absolute Gasteiger partial charge is 0.464 e. The Bertz CT molecular complexity index is 558. The quantitative estimate of drug-likeness (QED) is 0.819. The van der Waals surface area contributed by atoms with Crippen LogP contribution in [0.3, 0.4) is 0 Å². The summed E-state index contributed by atoms with van der Waals surface area (Å²) in [4.78, 5) is 10.9. The summed E-state index contributed by atoms with van der Waals surface area (Å²) in [6.45, 7) is -0.349. The van der Waals surface area contributed by atoms with Crippen molar-refractivity contribution in [2.45, 2.75) is 6.04 Å². The Morgan fingerprint density at radius 3 is 2.82 bits per heavy atom. The Morgan fingerprint density at radius 1 is 1.53 bits per heavy atom. The molecule has 17 heavy (non-hydrogen) atoms. The topological polar surface area (TPSA) is 83.9 Å². The van der Waals surface area contributed by atoms with Crippen molar-refractivity contribution in [1.29, 1.82) is 0 Å². The molecule has 0 aliphatic carbocycles. The van der Waals surface area contributed by atoms with Gasteiger partial charge in [0.1, 0.15) is 11.9 Å². The highest BCUT2D eigenvalue weighted by molar-refractivity contribution is 7.85. The van der Waals surface area contributed by atoms with Gasteiger partial charge >= 0.3 is 16.4 Å². The van der Waals surface area contributed by atoms with Gasteiger partial charge in [0.15, 0.2) is 0 Å². The Labute approximate surface area is 96.5 Å². The lowest BCUT2D eigenvalue weighted by atomic mass is 10.1. The normalized spacial score (nSPS) is 22.6. The van der Waals surface area contributed by atoms with Crippen molar-refractivity contribution in [3.63, 3.8) is 0 Å². The molecule has 1 fully saturated rings. The summed E-state index contributed by atoms with van der Waals surface area (Å²) in [5.41, 5.74) is 0.230. The third-order valence-electron chi connectivity index (χ3n) is 2.32. The fourth-order valence-corrected chi connectivity index (χ4v) is 2.71. The zero-order valence-corrected chi connectivity index (χ0v) is 9.22. The summed E-state index contributed by atoms with van der Waals surface area (Å²) in [6.07, 6.45) is -1.66. The van der Waals surface area contributed by atoms with Crippen LogP contribution in [-0.2, 0) is 14.5 Å². The first-order valence-electron chi connectivity index (χ1n) is 4.59. The highest BCUT2D eigenvalue weighted by Gasteiger charge is 2.43. The minimum atomic E-state index is -4.29. The molecule has 1 N–H and O–H groups in total. The molecule has 0 spiro atoms. The number of hydrogen-bond donors (Lipinski definition) is 1. The number of hydrogen-bond acceptors (Lipinski definition) is 4. The second-order valence-corrected chi connectivity index (χ2v) is 4.88. The molecule has 2 rings (SSSR count). The van der Waals surface area contributed by atoms with Crippen LogP contribution >= 0.6 is 0 Å². The molecule has 0 radical (unpaired) electrons. The molecule has 1 atom stereocenters. The molecule has 0 bridgehead atoms. The predicted molar refractivity (Wildman–Crippen MR) is 53.9 cm³/mol. The maximum absolute atomic E-state index is 13.0. The third-order valence-corrected chi connectivity index (χ3v) is 3.65. The van der Waals surface area contributed by atoms with E-state index in [-0.39, 0.29) is 16.5 Å². The molecule has 1 aromatic carbocycles. The molecule has 1 heterocycles. The summed E-state index contributed by atoms with van der Waals surface area (Å²) < 4.78 is 40.2. The molecule has 8 heteroatoms.